The predicted octanol–water partition coefficient (Wildman–Crippen LogP) is 5.84. The largest absolute Gasteiger partial charge is 0.449 e. The van der Waals surface area contributed by atoms with E-state index < -0.39 is 42.7 Å². The van der Waals surface area contributed by atoms with Crippen LogP contribution in [-0.4, -0.2) is 63.0 Å². The van der Waals surface area contributed by atoms with E-state index >= 15 is 0 Å². The number of nitrogens with one attached hydrogen (secondary N) is 1. The molecule has 0 bridgehead atoms. The summed E-state index contributed by atoms with van der Waals surface area (Å²) in [5.74, 6) is -3.96. The number of halogens is 2. The van der Waals surface area contributed by atoms with E-state index in [1.807, 2.05) is 0 Å². The molecule has 1 unspecified atom stereocenters. The van der Waals surface area contributed by atoms with Gasteiger partial charge in [-0.2, -0.15) is 13.8 Å². The second-order valence-corrected chi connectivity index (χ2v) is 10.7. The van der Waals surface area contributed by atoms with E-state index in [0.717, 1.165) is 57.2 Å². The van der Waals surface area contributed by atoms with Gasteiger partial charge in [0.15, 0.2) is 6.10 Å². The average Bonchev–Trinajstić information content (AvgIpc) is 3.20. The highest BCUT2D eigenvalue weighted by molar-refractivity contribution is 5.83. The Hall–Kier alpha value is -2.96. The normalized spacial score (nSPS) is 19.8. The number of unbranched alkanes of at least 4 members (excludes halogenated alkanes) is 8. The van der Waals surface area contributed by atoms with Gasteiger partial charge in [-0.3, -0.25) is 14.7 Å². The zero-order valence-corrected chi connectivity index (χ0v) is 25.1. The zero-order chi connectivity index (χ0) is 31.5. The fourth-order valence-electron chi connectivity index (χ4n) is 4.61. The van der Waals surface area contributed by atoms with Gasteiger partial charge in [0, 0.05) is 19.0 Å². The number of Topliss-reactive ketones (excluding diaryl/α,β-unsaturated/α-hetero) is 1. The first-order valence-electron chi connectivity index (χ1n) is 15.4. The minimum atomic E-state index is -3.84. The Labute approximate surface area is 252 Å². The van der Waals surface area contributed by atoms with Gasteiger partial charge in [-0.25, -0.2) is 9.59 Å². The smallest absolute Gasteiger partial charge is 0.412 e. The summed E-state index contributed by atoms with van der Waals surface area (Å²) in [7, 11) is 0. The minimum absolute atomic E-state index is 0.0145. The van der Waals surface area contributed by atoms with Gasteiger partial charge in [0.25, 0.3) is 0 Å². The molecule has 3 N–H and O–H groups in total. The Morgan fingerprint density at radius 2 is 1.70 bits per heavy atom. The molecule has 1 fully saturated rings. The van der Waals surface area contributed by atoms with Gasteiger partial charge in [0.05, 0.1) is 13.2 Å². The number of hydrogen-bond acceptors (Lipinski definition) is 8. The van der Waals surface area contributed by atoms with Crippen LogP contribution in [0.4, 0.5) is 19.4 Å². The van der Waals surface area contributed by atoms with Crippen molar-refractivity contribution in [1.82, 2.24) is 9.55 Å². The molecule has 0 aromatic carbocycles. The number of ether oxygens (including phenoxy) is 2. The van der Waals surface area contributed by atoms with Crippen molar-refractivity contribution in [3.8, 4) is 0 Å². The molecular formula is C31H47F2N3O7. The van der Waals surface area contributed by atoms with E-state index in [9.17, 15) is 28.3 Å². The number of anilines is 1. The first-order valence-corrected chi connectivity index (χ1v) is 15.4. The zero-order valence-electron chi connectivity index (χ0n) is 25.1. The summed E-state index contributed by atoms with van der Waals surface area (Å²) in [4.78, 5) is 39.8. The number of hydrogen-bond donors (Lipinski definition) is 3. The lowest BCUT2D eigenvalue weighted by Crippen LogP contribution is -2.41. The minimum Gasteiger partial charge on any atom is -0.449 e. The van der Waals surface area contributed by atoms with Crippen LogP contribution in [0, 0.1) is 0 Å². The second kappa shape index (κ2) is 20.1. The Kier molecular flexibility index (Phi) is 16.9. The highest BCUT2D eigenvalue weighted by Gasteiger charge is 2.59. The average molecular weight is 612 g/mol. The van der Waals surface area contributed by atoms with Crippen LogP contribution < -0.4 is 11.0 Å². The molecule has 1 aromatic heterocycles. The van der Waals surface area contributed by atoms with Crippen molar-refractivity contribution in [2.24, 2.45) is 0 Å². The first-order chi connectivity index (χ1) is 20.7. The molecule has 1 saturated heterocycles. The summed E-state index contributed by atoms with van der Waals surface area (Å²) >= 11 is 0. The van der Waals surface area contributed by atoms with E-state index in [2.05, 4.69) is 41.5 Å². The number of alkyl halides is 2. The molecular weight excluding hydrogens is 564 g/mol. The van der Waals surface area contributed by atoms with E-state index in [0.29, 0.717) is 17.4 Å². The molecule has 0 aliphatic carbocycles. The highest BCUT2D eigenvalue weighted by atomic mass is 19.3. The summed E-state index contributed by atoms with van der Waals surface area (Å²) in [5.41, 5.74) is -1.16. The van der Waals surface area contributed by atoms with Gasteiger partial charge in [0.2, 0.25) is 6.23 Å². The van der Waals surface area contributed by atoms with E-state index in [1.54, 1.807) is 0 Å². The molecule has 0 spiro atoms. The third-order valence-corrected chi connectivity index (χ3v) is 7.11. The van der Waals surface area contributed by atoms with Crippen LogP contribution in [0.3, 0.4) is 0 Å². The fraction of sp³-hybridized carbons (Fsp3) is 0.677. The molecule has 1 aromatic rings. The van der Waals surface area contributed by atoms with Gasteiger partial charge < -0.3 is 19.7 Å². The Balaban J connectivity index is 1.52. The van der Waals surface area contributed by atoms with Crippen LogP contribution in [0.5, 0.6) is 0 Å². The lowest BCUT2D eigenvalue weighted by atomic mass is 10.1. The maximum atomic E-state index is 14.3. The summed E-state index contributed by atoms with van der Waals surface area (Å²) < 4.78 is 38.9. The summed E-state index contributed by atoms with van der Waals surface area (Å²) in [6.07, 6.45) is 16.4. The number of ketones is 1. The molecule has 12 heteroatoms. The summed E-state index contributed by atoms with van der Waals surface area (Å²) in [5, 5.41) is 20.9. The van der Waals surface area contributed by atoms with Crippen LogP contribution in [-0.2, 0) is 14.3 Å². The Morgan fingerprint density at radius 1 is 1.05 bits per heavy atom. The van der Waals surface area contributed by atoms with Crippen molar-refractivity contribution in [3.05, 3.63) is 47.1 Å². The Morgan fingerprint density at radius 3 is 2.35 bits per heavy atom. The topological polar surface area (TPSA) is 140 Å². The van der Waals surface area contributed by atoms with Crippen molar-refractivity contribution in [1.29, 1.82) is 0 Å². The van der Waals surface area contributed by atoms with Crippen LogP contribution in [0.1, 0.15) is 103 Å². The number of carbonyl (C=O) groups excluding carboxylic acids is 2. The van der Waals surface area contributed by atoms with Gasteiger partial charge in [-0.15, -0.1) is 0 Å². The predicted molar refractivity (Wildman–Crippen MR) is 159 cm³/mol. The van der Waals surface area contributed by atoms with Gasteiger partial charge in [-0.1, -0.05) is 63.3 Å². The van der Waals surface area contributed by atoms with Crippen molar-refractivity contribution >= 4 is 17.7 Å². The summed E-state index contributed by atoms with van der Waals surface area (Å²) in [6, 6.07) is 1.09. The van der Waals surface area contributed by atoms with E-state index in [-0.39, 0.29) is 24.6 Å². The number of aliphatic hydroxyl groups excluding tert-OH is 2. The maximum Gasteiger partial charge on any atom is 0.412 e. The molecule has 1 aliphatic heterocycles. The highest BCUT2D eigenvalue weighted by Crippen LogP contribution is 2.41. The molecule has 10 nitrogen and oxygen atoms in total. The van der Waals surface area contributed by atoms with Crippen LogP contribution >= 0.6 is 0 Å². The molecule has 242 valence electrons. The number of aromatic nitrogens is 2. The Bertz CT molecular complexity index is 1090. The lowest BCUT2D eigenvalue weighted by Gasteiger charge is -2.21. The molecule has 2 rings (SSSR count). The molecule has 1 aliphatic rings. The molecule has 1 amide bonds. The molecule has 43 heavy (non-hydrogen) atoms. The first kappa shape index (κ1) is 36.2. The van der Waals surface area contributed by atoms with Crippen molar-refractivity contribution in [2.75, 3.05) is 18.5 Å². The SMILES string of the molecule is CCCCC/C=C\C/C=C\CCCCCCCC(=O)CCCOC(=O)Nc1ccn([C@@H]2O[C@H](CO)C(O)C2(F)F)c(=O)n1. The van der Waals surface area contributed by atoms with Crippen LogP contribution in [0.25, 0.3) is 0 Å². The molecule has 0 saturated carbocycles. The second-order valence-electron chi connectivity index (χ2n) is 10.7. The monoisotopic (exact) mass is 611 g/mol. The van der Waals surface area contributed by atoms with Gasteiger partial charge in [0.1, 0.15) is 17.7 Å². The molecule has 3 atom stereocenters. The third kappa shape index (κ3) is 13.1. The number of aliphatic hydroxyl groups is 2. The number of nitrogens with zero attached hydrogens (tertiary/aromatic N) is 2. The van der Waals surface area contributed by atoms with Crippen molar-refractivity contribution in [3.63, 3.8) is 0 Å². The number of carbonyl (C=O) groups is 2. The van der Waals surface area contributed by atoms with E-state index in [4.69, 9.17) is 14.6 Å². The van der Waals surface area contributed by atoms with Crippen molar-refractivity contribution < 1.29 is 38.1 Å². The van der Waals surface area contributed by atoms with E-state index in [1.165, 1.54) is 25.7 Å². The van der Waals surface area contributed by atoms with Crippen LogP contribution in [0.15, 0.2) is 41.4 Å². The standard InChI is InChI=1S/C31H47F2N3O7/c1-2-3-4-5-6-7-8-9-10-11-12-13-14-15-16-18-24(38)19-17-22-42-30(41)35-26-20-21-36(29(40)34-26)28-31(32,33)27(39)25(23-37)43-28/h6-7,9-10,20-21,25,27-28,37,39H,2-5,8,11-19,22-23H2,1H3,(H,34,35,40,41)/b7-6-,10-9-/t25-,27?,28-/m1/s1. The third-order valence-electron chi connectivity index (χ3n) is 7.11. The lowest BCUT2D eigenvalue weighted by molar-refractivity contribution is -0.140. The number of allylic oxidation sites excluding steroid dienone is 4. The van der Waals surface area contributed by atoms with Gasteiger partial charge in [-0.05, 0) is 51.0 Å². The quantitative estimate of drug-likeness (QED) is 0.116. The summed E-state index contributed by atoms with van der Waals surface area (Å²) in [6.45, 7) is 1.34. The van der Waals surface area contributed by atoms with Gasteiger partial charge >= 0.3 is 17.7 Å². The molecule has 2 heterocycles. The van der Waals surface area contributed by atoms with Crippen molar-refractivity contribution in [2.45, 2.75) is 121 Å². The van der Waals surface area contributed by atoms with Crippen LogP contribution in [0.2, 0.25) is 0 Å². The fourth-order valence-corrected chi connectivity index (χ4v) is 4.61. The number of amides is 1. The number of rotatable bonds is 21. The maximum absolute atomic E-state index is 14.3. The molecule has 0 radical (unpaired) electrons.